The highest BCUT2D eigenvalue weighted by Gasteiger charge is 2.16. The first-order chi connectivity index (χ1) is 5.99. The number of hydrogen-bond acceptors (Lipinski definition) is 3. The van der Waals surface area contributed by atoms with Gasteiger partial charge in [0, 0.05) is 0 Å². The quantitative estimate of drug-likeness (QED) is 0.383. The Morgan fingerprint density at radius 1 is 1.23 bits per heavy atom. The summed E-state index contributed by atoms with van der Waals surface area (Å²) in [6.07, 6.45) is 1.35. The van der Waals surface area contributed by atoms with Gasteiger partial charge in [0.05, 0.1) is 25.0 Å². The summed E-state index contributed by atoms with van der Waals surface area (Å²) in [5.74, 6) is -0.182. The lowest BCUT2D eigenvalue weighted by Crippen LogP contribution is -2.16. The molecule has 0 aromatic heterocycles. The van der Waals surface area contributed by atoms with Gasteiger partial charge in [-0.15, -0.1) is 0 Å². The fourth-order valence-corrected chi connectivity index (χ4v) is 0.829. The Labute approximate surface area is 79.7 Å². The van der Waals surface area contributed by atoms with Gasteiger partial charge in [-0.25, -0.2) is 4.79 Å². The maximum atomic E-state index is 11.4. The van der Waals surface area contributed by atoms with Gasteiger partial charge < -0.3 is 9.47 Å². The van der Waals surface area contributed by atoms with Crippen molar-refractivity contribution >= 4 is 5.97 Å². The minimum absolute atomic E-state index is 0.0912. The third-order valence-electron chi connectivity index (χ3n) is 1.45. The van der Waals surface area contributed by atoms with E-state index in [4.69, 9.17) is 9.47 Å². The molecule has 0 spiro atoms. The summed E-state index contributed by atoms with van der Waals surface area (Å²) in [5, 5.41) is 0. The lowest BCUT2D eigenvalue weighted by Gasteiger charge is -2.12. The number of hydrogen-bond donors (Lipinski definition) is 0. The SMILES string of the molecule is COC=C(C(=O)OC(C)C)C(C)C. The van der Waals surface area contributed by atoms with Crippen molar-refractivity contribution in [3.8, 4) is 0 Å². The van der Waals surface area contributed by atoms with Gasteiger partial charge in [0.2, 0.25) is 0 Å². The van der Waals surface area contributed by atoms with Gasteiger partial charge in [0.15, 0.2) is 0 Å². The van der Waals surface area contributed by atoms with Crippen LogP contribution < -0.4 is 0 Å². The van der Waals surface area contributed by atoms with Crippen LogP contribution in [-0.2, 0) is 14.3 Å². The van der Waals surface area contributed by atoms with E-state index in [1.807, 2.05) is 27.7 Å². The molecule has 13 heavy (non-hydrogen) atoms. The summed E-state index contributed by atoms with van der Waals surface area (Å²) < 4.78 is 9.84. The second-order valence-corrected chi connectivity index (χ2v) is 3.42. The molecule has 0 N–H and O–H groups in total. The molecule has 0 atom stereocenters. The second-order valence-electron chi connectivity index (χ2n) is 3.42. The standard InChI is InChI=1S/C10H18O3/c1-7(2)9(6-12-5)10(11)13-8(3)4/h6-8H,1-5H3. The van der Waals surface area contributed by atoms with Crippen molar-refractivity contribution in [3.63, 3.8) is 0 Å². The van der Waals surface area contributed by atoms with Crippen molar-refractivity contribution in [1.82, 2.24) is 0 Å². The van der Waals surface area contributed by atoms with Gasteiger partial charge >= 0.3 is 5.97 Å². The Bertz CT molecular complexity index is 192. The highest BCUT2D eigenvalue weighted by Crippen LogP contribution is 2.12. The van der Waals surface area contributed by atoms with E-state index < -0.39 is 0 Å². The van der Waals surface area contributed by atoms with E-state index in [2.05, 4.69) is 0 Å². The van der Waals surface area contributed by atoms with Crippen LogP contribution in [-0.4, -0.2) is 19.2 Å². The van der Waals surface area contributed by atoms with E-state index in [1.165, 1.54) is 13.4 Å². The first kappa shape index (κ1) is 12.0. The van der Waals surface area contributed by atoms with Crippen LogP contribution in [0.3, 0.4) is 0 Å². The molecular weight excluding hydrogens is 168 g/mol. The van der Waals surface area contributed by atoms with Crippen LogP contribution in [0.4, 0.5) is 0 Å². The number of carbonyl (C=O) groups is 1. The lowest BCUT2D eigenvalue weighted by molar-refractivity contribution is -0.143. The molecular formula is C10H18O3. The molecule has 0 aliphatic heterocycles. The third kappa shape index (κ3) is 4.55. The molecule has 0 aliphatic rings. The molecule has 0 rings (SSSR count). The van der Waals surface area contributed by atoms with Gasteiger partial charge in [-0.05, 0) is 19.8 Å². The van der Waals surface area contributed by atoms with Gasteiger partial charge in [-0.3, -0.25) is 0 Å². The molecule has 0 saturated carbocycles. The monoisotopic (exact) mass is 186 g/mol. The van der Waals surface area contributed by atoms with Crippen molar-refractivity contribution in [2.24, 2.45) is 5.92 Å². The van der Waals surface area contributed by atoms with E-state index in [1.54, 1.807) is 0 Å². The van der Waals surface area contributed by atoms with Crippen molar-refractivity contribution in [2.75, 3.05) is 7.11 Å². The summed E-state index contributed by atoms with van der Waals surface area (Å²) >= 11 is 0. The van der Waals surface area contributed by atoms with Gasteiger partial charge in [-0.1, -0.05) is 13.8 Å². The highest BCUT2D eigenvalue weighted by molar-refractivity contribution is 5.88. The van der Waals surface area contributed by atoms with Crippen LogP contribution in [0.15, 0.2) is 11.8 Å². The predicted octanol–water partition coefficient (Wildman–Crippen LogP) is 2.12. The Morgan fingerprint density at radius 3 is 2.08 bits per heavy atom. The molecule has 3 heteroatoms. The number of ether oxygens (including phenoxy) is 2. The summed E-state index contributed by atoms with van der Waals surface area (Å²) in [7, 11) is 1.52. The number of rotatable bonds is 4. The zero-order valence-corrected chi connectivity index (χ0v) is 8.96. The molecule has 0 unspecified atom stereocenters. The molecule has 0 aliphatic carbocycles. The number of methoxy groups -OCH3 is 1. The van der Waals surface area contributed by atoms with Gasteiger partial charge in [0.1, 0.15) is 0 Å². The molecule has 0 amide bonds. The first-order valence-corrected chi connectivity index (χ1v) is 4.42. The second kappa shape index (κ2) is 5.62. The minimum atomic E-state index is -0.299. The first-order valence-electron chi connectivity index (χ1n) is 4.42. The lowest BCUT2D eigenvalue weighted by atomic mass is 10.1. The van der Waals surface area contributed by atoms with Gasteiger partial charge in [0.25, 0.3) is 0 Å². The van der Waals surface area contributed by atoms with Crippen LogP contribution in [0.1, 0.15) is 27.7 Å². The Hall–Kier alpha value is -0.990. The Morgan fingerprint density at radius 2 is 1.77 bits per heavy atom. The number of carbonyl (C=O) groups excluding carboxylic acids is 1. The van der Waals surface area contributed by atoms with Crippen molar-refractivity contribution in [2.45, 2.75) is 33.8 Å². The highest BCUT2D eigenvalue weighted by atomic mass is 16.5. The van der Waals surface area contributed by atoms with Crippen molar-refractivity contribution < 1.29 is 14.3 Å². The van der Waals surface area contributed by atoms with Crippen molar-refractivity contribution in [1.29, 1.82) is 0 Å². The predicted molar refractivity (Wildman–Crippen MR) is 51.2 cm³/mol. The smallest absolute Gasteiger partial charge is 0.337 e. The largest absolute Gasteiger partial charge is 0.504 e. The summed E-state index contributed by atoms with van der Waals surface area (Å²) in [6, 6.07) is 0. The van der Waals surface area contributed by atoms with Crippen LogP contribution in [0, 0.1) is 5.92 Å². The third-order valence-corrected chi connectivity index (χ3v) is 1.45. The van der Waals surface area contributed by atoms with Crippen LogP contribution in [0.5, 0.6) is 0 Å². The van der Waals surface area contributed by atoms with E-state index in [0.717, 1.165) is 0 Å². The van der Waals surface area contributed by atoms with Gasteiger partial charge in [-0.2, -0.15) is 0 Å². The molecule has 0 radical (unpaired) electrons. The molecule has 0 aromatic rings. The van der Waals surface area contributed by atoms with Crippen LogP contribution in [0.2, 0.25) is 0 Å². The maximum absolute atomic E-state index is 11.4. The van der Waals surface area contributed by atoms with Crippen LogP contribution in [0.25, 0.3) is 0 Å². The zero-order chi connectivity index (χ0) is 10.4. The van der Waals surface area contributed by atoms with E-state index in [0.29, 0.717) is 5.57 Å². The topological polar surface area (TPSA) is 35.5 Å². The van der Waals surface area contributed by atoms with E-state index in [9.17, 15) is 4.79 Å². The summed E-state index contributed by atoms with van der Waals surface area (Å²) in [6.45, 7) is 7.49. The fourth-order valence-electron chi connectivity index (χ4n) is 0.829. The Kier molecular flexibility index (Phi) is 5.19. The molecule has 76 valence electrons. The normalized spacial score (nSPS) is 12.1. The van der Waals surface area contributed by atoms with Crippen molar-refractivity contribution in [3.05, 3.63) is 11.8 Å². The molecule has 3 nitrogen and oxygen atoms in total. The molecule has 0 fully saturated rings. The molecule has 0 saturated heterocycles. The van der Waals surface area contributed by atoms with E-state index in [-0.39, 0.29) is 18.0 Å². The summed E-state index contributed by atoms with van der Waals surface area (Å²) in [5.41, 5.74) is 0.566. The fraction of sp³-hybridized carbons (Fsp3) is 0.700. The molecule has 0 heterocycles. The van der Waals surface area contributed by atoms with E-state index >= 15 is 0 Å². The maximum Gasteiger partial charge on any atom is 0.337 e. The Balaban J connectivity index is 4.39. The number of esters is 1. The molecule has 0 bridgehead atoms. The average Bonchev–Trinajstić information content (AvgIpc) is 1.97. The van der Waals surface area contributed by atoms with Crippen LogP contribution >= 0.6 is 0 Å². The zero-order valence-electron chi connectivity index (χ0n) is 8.96. The molecule has 0 aromatic carbocycles. The summed E-state index contributed by atoms with van der Waals surface area (Å²) in [4.78, 5) is 11.4. The average molecular weight is 186 g/mol. The minimum Gasteiger partial charge on any atom is -0.504 e.